The van der Waals surface area contributed by atoms with Crippen LogP contribution in [0.1, 0.15) is 32.1 Å². The molecule has 2 saturated carbocycles. The summed E-state index contributed by atoms with van der Waals surface area (Å²) in [7, 11) is 1.61. The number of benzene rings is 1. The van der Waals surface area contributed by atoms with Gasteiger partial charge in [-0.2, -0.15) is 11.8 Å². The van der Waals surface area contributed by atoms with E-state index in [1.165, 1.54) is 12.8 Å². The van der Waals surface area contributed by atoms with Crippen molar-refractivity contribution in [3.8, 4) is 5.75 Å². The maximum absolute atomic E-state index is 12.4. The molecule has 2 N–H and O–H groups in total. The summed E-state index contributed by atoms with van der Waals surface area (Å²) in [5, 5.41) is 6.03. The van der Waals surface area contributed by atoms with E-state index in [2.05, 4.69) is 10.6 Å². The Bertz CT molecular complexity index is 618. The monoisotopic (exact) mass is 362 g/mol. The van der Waals surface area contributed by atoms with E-state index in [1.807, 2.05) is 24.3 Å². The highest BCUT2D eigenvalue weighted by molar-refractivity contribution is 7.99. The lowest BCUT2D eigenvalue weighted by Crippen LogP contribution is -2.35. The average molecular weight is 362 g/mol. The smallest absolute Gasteiger partial charge is 0.230 e. The summed E-state index contributed by atoms with van der Waals surface area (Å²) in [6.07, 6.45) is 5.04. The van der Waals surface area contributed by atoms with Gasteiger partial charge in [-0.25, -0.2) is 0 Å². The second-order valence-electron chi connectivity index (χ2n) is 6.95. The number of hydrogen-bond donors (Lipinski definition) is 2. The van der Waals surface area contributed by atoms with Gasteiger partial charge in [-0.3, -0.25) is 9.59 Å². The molecular weight excluding hydrogens is 336 g/mol. The fourth-order valence-corrected chi connectivity index (χ4v) is 4.22. The number of methoxy groups -OCH3 is 1. The van der Waals surface area contributed by atoms with E-state index in [9.17, 15) is 9.59 Å². The number of rotatable bonds is 8. The second kappa shape index (κ2) is 8.61. The Morgan fingerprint density at radius 1 is 1.24 bits per heavy atom. The van der Waals surface area contributed by atoms with Crippen LogP contribution >= 0.6 is 11.8 Å². The first-order valence-electron chi connectivity index (χ1n) is 8.96. The molecule has 2 atom stereocenters. The van der Waals surface area contributed by atoms with Crippen LogP contribution < -0.4 is 15.4 Å². The lowest BCUT2D eigenvalue weighted by atomic mass is 10.1. The minimum absolute atomic E-state index is 0.0214. The van der Waals surface area contributed by atoms with Crippen LogP contribution in [0.15, 0.2) is 24.3 Å². The van der Waals surface area contributed by atoms with E-state index >= 15 is 0 Å². The van der Waals surface area contributed by atoms with Crippen LogP contribution in [0.25, 0.3) is 0 Å². The van der Waals surface area contributed by atoms with Gasteiger partial charge in [0.15, 0.2) is 0 Å². The van der Waals surface area contributed by atoms with E-state index in [1.54, 1.807) is 18.9 Å². The molecular formula is C19H26N2O3S. The van der Waals surface area contributed by atoms with E-state index in [4.69, 9.17) is 4.74 Å². The van der Waals surface area contributed by atoms with Gasteiger partial charge in [-0.05, 0) is 55.9 Å². The molecule has 0 aromatic heterocycles. The minimum atomic E-state index is -0.0457. The zero-order valence-corrected chi connectivity index (χ0v) is 15.4. The molecule has 2 fully saturated rings. The SMILES string of the molecule is COc1cccc(NC(=O)[C@H]2CC[C@@H](NC(=O)CSCC3CC3)C2)c1. The van der Waals surface area contributed by atoms with Gasteiger partial charge in [-0.1, -0.05) is 6.07 Å². The molecule has 2 aliphatic carbocycles. The Morgan fingerprint density at radius 2 is 2.08 bits per heavy atom. The van der Waals surface area contributed by atoms with Gasteiger partial charge in [0.2, 0.25) is 11.8 Å². The molecule has 0 spiro atoms. The molecule has 2 aliphatic rings. The molecule has 5 nitrogen and oxygen atoms in total. The Labute approximate surface area is 153 Å². The van der Waals surface area contributed by atoms with Gasteiger partial charge in [0.25, 0.3) is 0 Å². The number of thioether (sulfide) groups is 1. The first-order chi connectivity index (χ1) is 12.1. The maximum Gasteiger partial charge on any atom is 0.230 e. The Hall–Kier alpha value is -1.69. The highest BCUT2D eigenvalue weighted by atomic mass is 32.2. The van der Waals surface area contributed by atoms with Crippen molar-refractivity contribution < 1.29 is 14.3 Å². The third-order valence-corrected chi connectivity index (χ3v) is 5.96. The van der Waals surface area contributed by atoms with Crippen LogP contribution in [-0.4, -0.2) is 36.5 Å². The van der Waals surface area contributed by atoms with Crippen molar-refractivity contribution in [2.45, 2.75) is 38.1 Å². The lowest BCUT2D eigenvalue weighted by Gasteiger charge is -2.14. The molecule has 0 unspecified atom stereocenters. The standard InChI is InChI=1S/C19H26N2O3S/c1-24-17-4-2-3-15(10-17)21-19(23)14-7-8-16(9-14)20-18(22)12-25-11-13-5-6-13/h2-4,10,13-14,16H,5-9,11-12H2,1H3,(H,20,22)(H,21,23)/t14-,16+/m0/s1. The highest BCUT2D eigenvalue weighted by Crippen LogP contribution is 2.32. The molecule has 25 heavy (non-hydrogen) atoms. The van der Waals surface area contributed by atoms with Crippen molar-refractivity contribution in [1.82, 2.24) is 5.32 Å². The molecule has 6 heteroatoms. The minimum Gasteiger partial charge on any atom is -0.497 e. The number of hydrogen-bond acceptors (Lipinski definition) is 4. The maximum atomic E-state index is 12.4. The van der Waals surface area contributed by atoms with Gasteiger partial charge in [0.05, 0.1) is 12.9 Å². The number of anilines is 1. The molecule has 2 amide bonds. The fourth-order valence-electron chi connectivity index (χ4n) is 3.17. The number of ether oxygens (including phenoxy) is 1. The van der Waals surface area contributed by atoms with Gasteiger partial charge in [0, 0.05) is 23.7 Å². The number of nitrogens with one attached hydrogen (secondary N) is 2. The van der Waals surface area contributed by atoms with E-state index < -0.39 is 0 Å². The zero-order valence-electron chi connectivity index (χ0n) is 14.6. The van der Waals surface area contributed by atoms with E-state index in [0.717, 1.165) is 42.4 Å². The van der Waals surface area contributed by atoms with Crippen LogP contribution in [0.2, 0.25) is 0 Å². The zero-order chi connectivity index (χ0) is 17.6. The summed E-state index contributed by atoms with van der Waals surface area (Å²) < 4.78 is 5.17. The van der Waals surface area contributed by atoms with Crippen LogP contribution in [0, 0.1) is 11.8 Å². The lowest BCUT2D eigenvalue weighted by molar-refractivity contribution is -0.121. The Kier molecular flexibility index (Phi) is 6.24. The molecule has 136 valence electrons. The van der Waals surface area contributed by atoms with E-state index in [-0.39, 0.29) is 23.8 Å². The average Bonchev–Trinajstić information content (AvgIpc) is 3.31. The van der Waals surface area contributed by atoms with Crippen molar-refractivity contribution in [2.75, 3.05) is 23.9 Å². The summed E-state index contributed by atoms with van der Waals surface area (Å²) in [5.74, 6) is 3.28. The number of carbonyl (C=O) groups is 2. The van der Waals surface area contributed by atoms with Crippen LogP contribution in [-0.2, 0) is 9.59 Å². The van der Waals surface area contributed by atoms with Gasteiger partial charge >= 0.3 is 0 Å². The molecule has 0 radical (unpaired) electrons. The quantitative estimate of drug-likeness (QED) is 0.746. The molecule has 0 heterocycles. The van der Waals surface area contributed by atoms with Crippen LogP contribution in [0.3, 0.4) is 0 Å². The molecule has 0 bridgehead atoms. The van der Waals surface area contributed by atoms with Crippen molar-refractivity contribution in [3.63, 3.8) is 0 Å². The van der Waals surface area contributed by atoms with Crippen LogP contribution in [0.5, 0.6) is 5.75 Å². The summed E-state index contributed by atoms with van der Waals surface area (Å²) >= 11 is 1.72. The predicted octanol–water partition coefficient (Wildman–Crippen LogP) is 3.06. The summed E-state index contributed by atoms with van der Waals surface area (Å²) in [6.45, 7) is 0. The molecule has 1 aromatic rings. The predicted molar refractivity (Wildman–Crippen MR) is 101 cm³/mol. The second-order valence-corrected chi connectivity index (χ2v) is 7.98. The van der Waals surface area contributed by atoms with Crippen molar-refractivity contribution >= 4 is 29.3 Å². The topological polar surface area (TPSA) is 67.4 Å². The molecule has 1 aromatic carbocycles. The highest BCUT2D eigenvalue weighted by Gasteiger charge is 2.31. The van der Waals surface area contributed by atoms with Crippen molar-refractivity contribution in [2.24, 2.45) is 11.8 Å². The third kappa shape index (κ3) is 5.66. The normalized spacial score (nSPS) is 22.4. The van der Waals surface area contributed by atoms with E-state index in [0.29, 0.717) is 5.75 Å². The third-order valence-electron chi connectivity index (χ3n) is 4.79. The summed E-state index contributed by atoms with van der Waals surface area (Å²) in [6, 6.07) is 7.48. The first kappa shape index (κ1) is 18.1. The number of amides is 2. The van der Waals surface area contributed by atoms with Crippen molar-refractivity contribution in [1.29, 1.82) is 0 Å². The van der Waals surface area contributed by atoms with Gasteiger partial charge < -0.3 is 15.4 Å². The van der Waals surface area contributed by atoms with Crippen molar-refractivity contribution in [3.05, 3.63) is 24.3 Å². The Balaban J connectivity index is 1.40. The Morgan fingerprint density at radius 3 is 2.84 bits per heavy atom. The summed E-state index contributed by atoms with van der Waals surface area (Å²) in [4.78, 5) is 24.4. The van der Waals surface area contributed by atoms with Crippen LogP contribution in [0.4, 0.5) is 5.69 Å². The first-order valence-corrected chi connectivity index (χ1v) is 10.1. The molecule has 0 saturated heterocycles. The fraction of sp³-hybridized carbons (Fsp3) is 0.579. The molecule has 0 aliphatic heterocycles. The largest absolute Gasteiger partial charge is 0.497 e. The number of carbonyl (C=O) groups excluding carboxylic acids is 2. The van der Waals surface area contributed by atoms with Gasteiger partial charge in [-0.15, -0.1) is 0 Å². The molecule has 3 rings (SSSR count). The summed E-state index contributed by atoms with van der Waals surface area (Å²) in [5.41, 5.74) is 0.744. The van der Waals surface area contributed by atoms with Gasteiger partial charge in [0.1, 0.15) is 5.75 Å².